The molecule has 0 heterocycles. The lowest BCUT2D eigenvalue weighted by molar-refractivity contribution is 0.478. The van der Waals surface area contributed by atoms with Crippen molar-refractivity contribution in [1.82, 2.24) is 0 Å². The van der Waals surface area contributed by atoms with Crippen LogP contribution in [0.2, 0.25) is 0 Å². The second kappa shape index (κ2) is 1.40. The van der Waals surface area contributed by atoms with Crippen LogP contribution < -0.4 is 0 Å². The van der Waals surface area contributed by atoms with Gasteiger partial charge in [0.1, 0.15) is 4.08 Å². The summed E-state index contributed by atoms with van der Waals surface area (Å²) < 4.78 is 27.6. The van der Waals surface area contributed by atoms with Gasteiger partial charge in [-0.05, 0) is 12.8 Å². The van der Waals surface area contributed by atoms with Crippen LogP contribution in [-0.4, -0.2) is 17.0 Å². The summed E-state index contributed by atoms with van der Waals surface area (Å²) in [5, 5.41) is 0. The zero-order chi connectivity index (χ0) is 6.41. The maximum Gasteiger partial charge on any atom is 0.279 e. The Morgan fingerprint density at radius 3 is 1.88 bits per heavy atom. The fourth-order valence-corrected chi connectivity index (χ4v) is 1.09. The van der Waals surface area contributed by atoms with Crippen LogP contribution in [0.15, 0.2) is 0 Å². The molecule has 1 fully saturated rings. The molecule has 1 saturated carbocycles. The van der Waals surface area contributed by atoms with Gasteiger partial charge in [0.2, 0.25) is 0 Å². The number of thiol groups is 1. The van der Waals surface area contributed by atoms with E-state index < -0.39 is 14.2 Å². The van der Waals surface area contributed by atoms with Crippen molar-refractivity contribution in [2.75, 3.05) is 0 Å². The third kappa shape index (κ3) is 0.852. The van der Waals surface area contributed by atoms with Crippen LogP contribution in [-0.2, 0) is 10.1 Å². The van der Waals surface area contributed by atoms with Gasteiger partial charge in [0.15, 0.2) is 0 Å². The predicted molar refractivity (Wildman–Crippen MR) is 32.5 cm³/mol. The average Bonchev–Trinajstić information content (AvgIpc) is 2.16. The first kappa shape index (κ1) is 6.38. The first-order chi connectivity index (χ1) is 3.46. The summed E-state index contributed by atoms with van der Waals surface area (Å²) in [4.78, 5) is 0. The average molecular weight is 154 g/mol. The lowest BCUT2D eigenvalue weighted by atomic mass is 10.9. The fraction of sp³-hybridized carbons (Fsp3) is 1.00. The second-order valence-electron chi connectivity index (χ2n) is 1.92. The smallest absolute Gasteiger partial charge is 0.279 e. The van der Waals surface area contributed by atoms with Gasteiger partial charge >= 0.3 is 0 Å². The van der Waals surface area contributed by atoms with Crippen molar-refractivity contribution in [3.05, 3.63) is 0 Å². The molecule has 3 nitrogen and oxygen atoms in total. The van der Waals surface area contributed by atoms with Gasteiger partial charge in [-0.15, -0.1) is 0 Å². The van der Waals surface area contributed by atoms with Gasteiger partial charge in [-0.3, -0.25) is 4.55 Å². The molecule has 5 heteroatoms. The zero-order valence-corrected chi connectivity index (χ0v) is 5.74. The molecular weight excluding hydrogens is 148 g/mol. The third-order valence-corrected chi connectivity index (χ3v) is 3.67. The van der Waals surface area contributed by atoms with E-state index in [0.29, 0.717) is 12.8 Å². The van der Waals surface area contributed by atoms with E-state index in [0.717, 1.165) is 0 Å². The molecule has 0 saturated heterocycles. The van der Waals surface area contributed by atoms with E-state index in [2.05, 4.69) is 12.6 Å². The highest BCUT2D eigenvalue weighted by molar-refractivity contribution is 8.03. The van der Waals surface area contributed by atoms with Gasteiger partial charge in [0.05, 0.1) is 0 Å². The van der Waals surface area contributed by atoms with Gasteiger partial charge in [-0.1, -0.05) is 0 Å². The van der Waals surface area contributed by atoms with Crippen molar-refractivity contribution in [3.63, 3.8) is 0 Å². The normalized spacial score (nSPS) is 25.2. The monoisotopic (exact) mass is 154 g/mol. The van der Waals surface area contributed by atoms with E-state index in [1.807, 2.05) is 0 Å². The van der Waals surface area contributed by atoms with E-state index in [-0.39, 0.29) is 0 Å². The molecular formula is C3H6O3S2. The first-order valence-electron chi connectivity index (χ1n) is 2.15. The highest BCUT2D eigenvalue weighted by Crippen LogP contribution is 2.46. The minimum absolute atomic E-state index is 0.467. The van der Waals surface area contributed by atoms with Crippen LogP contribution in [0.3, 0.4) is 0 Å². The third-order valence-electron chi connectivity index (χ3n) is 1.16. The molecule has 0 unspecified atom stereocenters. The van der Waals surface area contributed by atoms with Crippen LogP contribution in [0.1, 0.15) is 12.8 Å². The minimum Gasteiger partial charge on any atom is -0.284 e. The van der Waals surface area contributed by atoms with E-state index in [4.69, 9.17) is 4.55 Å². The van der Waals surface area contributed by atoms with Crippen LogP contribution >= 0.6 is 12.6 Å². The second-order valence-corrected chi connectivity index (χ2v) is 4.81. The van der Waals surface area contributed by atoms with E-state index in [9.17, 15) is 8.42 Å². The topological polar surface area (TPSA) is 54.4 Å². The predicted octanol–water partition coefficient (Wildman–Crippen LogP) is 0.294. The highest BCUT2D eigenvalue weighted by Gasteiger charge is 2.50. The SMILES string of the molecule is O=S(=O)(O)C1(S)CC1. The Labute approximate surface area is 53.2 Å². The minimum atomic E-state index is -3.86. The van der Waals surface area contributed by atoms with Crippen molar-refractivity contribution in [2.45, 2.75) is 16.9 Å². The van der Waals surface area contributed by atoms with Crippen LogP contribution in [0.25, 0.3) is 0 Å². The lowest BCUT2D eigenvalue weighted by Gasteiger charge is -1.98. The Kier molecular flexibility index (Phi) is 1.12. The summed E-state index contributed by atoms with van der Waals surface area (Å²) in [5.74, 6) is 0. The Hall–Kier alpha value is 0.260. The Morgan fingerprint density at radius 2 is 1.88 bits per heavy atom. The molecule has 0 aromatic carbocycles. The molecule has 0 spiro atoms. The molecule has 1 aliphatic rings. The summed E-state index contributed by atoms with van der Waals surface area (Å²) >= 11 is 3.71. The summed E-state index contributed by atoms with van der Waals surface area (Å²) in [7, 11) is -3.86. The molecule has 0 bridgehead atoms. The highest BCUT2D eigenvalue weighted by atomic mass is 32.3. The van der Waals surface area contributed by atoms with E-state index in [1.165, 1.54) is 0 Å². The van der Waals surface area contributed by atoms with Crippen LogP contribution in [0.5, 0.6) is 0 Å². The van der Waals surface area contributed by atoms with E-state index >= 15 is 0 Å². The standard InChI is InChI=1S/C3H6O3S2/c4-8(5,6)3(7)1-2-3/h7H,1-2H2,(H,4,5,6). The molecule has 0 aliphatic heterocycles. The van der Waals surface area contributed by atoms with Gasteiger partial charge in [0, 0.05) is 0 Å². The van der Waals surface area contributed by atoms with Crippen LogP contribution in [0, 0.1) is 0 Å². The molecule has 1 N–H and O–H groups in total. The quantitative estimate of drug-likeness (QED) is 0.421. The Balaban J connectivity index is 2.90. The van der Waals surface area contributed by atoms with Gasteiger partial charge in [0.25, 0.3) is 10.1 Å². The summed E-state index contributed by atoms with van der Waals surface area (Å²) in [6, 6.07) is 0. The van der Waals surface area contributed by atoms with Gasteiger partial charge in [-0.25, -0.2) is 0 Å². The maximum absolute atomic E-state index is 10.2. The molecule has 1 aliphatic carbocycles. The van der Waals surface area contributed by atoms with Crippen molar-refractivity contribution in [3.8, 4) is 0 Å². The van der Waals surface area contributed by atoms with Gasteiger partial charge in [-0.2, -0.15) is 21.0 Å². The largest absolute Gasteiger partial charge is 0.284 e. The molecule has 0 aromatic rings. The van der Waals surface area contributed by atoms with Crippen molar-refractivity contribution in [2.24, 2.45) is 0 Å². The first-order valence-corrected chi connectivity index (χ1v) is 4.04. The van der Waals surface area contributed by atoms with Crippen molar-refractivity contribution < 1.29 is 13.0 Å². The molecule has 0 atom stereocenters. The van der Waals surface area contributed by atoms with Crippen molar-refractivity contribution >= 4 is 22.7 Å². The number of hydrogen-bond acceptors (Lipinski definition) is 3. The lowest BCUT2D eigenvalue weighted by Crippen LogP contribution is -2.14. The molecule has 0 amide bonds. The Bertz CT molecular complexity index is 189. The summed E-state index contributed by atoms with van der Waals surface area (Å²) in [6.07, 6.45) is 0.934. The molecule has 0 radical (unpaired) electrons. The number of hydrogen-bond donors (Lipinski definition) is 2. The van der Waals surface area contributed by atoms with Crippen molar-refractivity contribution in [1.29, 1.82) is 0 Å². The Morgan fingerprint density at radius 1 is 1.50 bits per heavy atom. The molecule has 48 valence electrons. The summed E-state index contributed by atoms with van der Waals surface area (Å²) in [5.41, 5.74) is 0. The molecule has 1 rings (SSSR count). The fourth-order valence-electron chi connectivity index (χ4n) is 0.365. The van der Waals surface area contributed by atoms with Crippen LogP contribution in [0.4, 0.5) is 0 Å². The van der Waals surface area contributed by atoms with E-state index in [1.54, 1.807) is 0 Å². The molecule has 8 heavy (non-hydrogen) atoms. The summed E-state index contributed by atoms with van der Waals surface area (Å²) in [6.45, 7) is 0. The zero-order valence-electron chi connectivity index (χ0n) is 4.03. The molecule has 0 aromatic heterocycles. The maximum atomic E-state index is 10.2. The number of rotatable bonds is 1. The van der Waals surface area contributed by atoms with Gasteiger partial charge < -0.3 is 0 Å².